The van der Waals surface area contributed by atoms with Crippen LogP contribution in [0.5, 0.6) is 5.75 Å². The van der Waals surface area contributed by atoms with Crippen LogP contribution in [0.15, 0.2) is 41.8 Å². The Morgan fingerprint density at radius 1 is 1.27 bits per heavy atom. The molecule has 0 saturated heterocycles. The summed E-state index contributed by atoms with van der Waals surface area (Å²) in [7, 11) is 0. The van der Waals surface area contributed by atoms with Gasteiger partial charge < -0.3 is 15.4 Å². The maximum absolute atomic E-state index is 12.1. The van der Waals surface area contributed by atoms with Crippen molar-refractivity contribution in [2.75, 3.05) is 18.5 Å². The Labute approximate surface area is 135 Å². The second kappa shape index (κ2) is 8.44. The first-order valence-electron chi connectivity index (χ1n) is 7.48. The zero-order valence-electron chi connectivity index (χ0n) is 13.0. The van der Waals surface area contributed by atoms with Crippen molar-refractivity contribution >= 4 is 22.9 Å². The second-order valence-electron chi connectivity index (χ2n) is 4.94. The van der Waals surface area contributed by atoms with Crippen LogP contribution in [-0.4, -0.2) is 25.1 Å². The SMILES string of the molecule is CCOc1ccc(NC(C)C(=O)NCCc2cccs2)cc1. The zero-order valence-corrected chi connectivity index (χ0v) is 13.8. The van der Waals surface area contributed by atoms with Crippen molar-refractivity contribution in [3.05, 3.63) is 46.7 Å². The van der Waals surface area contributed by atoms with Crippen molar-refractivity contribution in [1.29, 1.82) is 0 Å². The lowest BCUT2D eigenvalue weighted by Gasteiger charge is -2.15. The topological polar surface area (TPSA) is 50.4 Å². The summed E-state index contributed by atoms with van der Waals surface area (Å²) in [4.78, 5) is 13.3. The van der Waals surface area contributed by atoms with Crippen LogP contribution in [0, 0.1) is 0 Å². The Kier molecular flexibility index (Phi) is 6.27. The minimum atomic E-state index is -0.277. The molecule has 0 spiro atoms. The van der Waals surface area contributed by atoms with Gasteiger partial charge in [0.05, 0.1) is 6.61 Å². The highest BCUT2D eigenvalue weighted by Gasteiger charge is 2.11. The van der Waals surface area contributed by atoms with Crippen LogP contribution in [0.4, 0.5) is 5.69 Å². The molecule has 2 aromatic rings. The summed E-state index contributed by atoms with van der Waals surface area (Å²) in [5, 5.41) is 8.19. The van der Waals surface area contributed by atoms with E-state index in [1.165, 1.54) is 4.88 Å². The fourth-order valence-corrected chi connectivity index (χ4v) is 2.76. The van der Waals surface area contributed by atoms with E-state index in [1.54, 1.807) is 11.3 Å². The molecule has 1 aromatic carbocycles. The van der Waals surface area contributed by atoms with E-state index in [2.05, 4.69) is 16.7 Å². The van der Waals surface area contributed by atoms with Crippen LogP contribution < -0.4 is 15.4 Å². The van der Waals surface area contributed by atoms with Crippen molar-refractivity contribution in [3.63, 3.8) is 0 Å². The van der Waals surface area contributed by atoms with E-state index in [1.807, 2.05) is 49.6 Å². The molecule has 22 heavy (non-hydrogen) atoms. The third-order valence-electron chi connectivity index (χ3n) is 3.19. The smallest absolute Gasteiger partial charge is 0.242 e. The van der Waals surface area contributed by atoms with Gasteiger partial charge in [0.15, 0.2) is 0 Å². The van der Waals surface area contributed by atoms with Crippen molar-refractivity contribution in [2.24, 2.45) is 0 Å². The molecule has 1 heterocycles. The van der Waals surface area contributed by atoms with E-state index in [0.717, 1.165) is 17.9 Å². The number of hydrogen-bond donors (Lipinski definition) is 2. The van der Waals surface area contributed by atoms with Gasteiger partial charge in [0.2, 0.25) is 5.91 Å². The lowest BCUT2D eigenvalue weighted by Crippen LogP contribution is -2.38. The van der Waals surface area contributed by atoms with Gasteiger partial charge in [-0.05, 0) is 56.0 Å². The molecule has 0 fully saturated rings. The standard InChI is InChI=1S/C17H22N2O2S/c1-3-21-15-8-6-14(7-9-15)19-13(2)17(20)18-11-10-16-5-4-12-22-16/h4-9,12-13,19H,3,10-11H2,1-2H3,(H,18,20). The number of benzene rings is 1. The van der Waals surface area contributed by atoms with Crippen molar-refractivity contribution in [1.82, 2.24) is 5.32 Å². The summed E-state index contributed by atoms with van der Waals surface area (Å²) in [5.41, 5.74) is 0.907. The number of ether oxygens (including phenoxy) is 1. The van der Waals surface area contributed by atoms with E-state index < -0.39 is 0 Å². The molecule has 0 bridgehead atoms. The first-order valence-corrected chi connectivity index (χ1v) is 8.36. The molecular formula is C17H22N2O2S. The van der Waals surface area contributed by atoms with Crippen LogP contribution in [0.1, 0.15) is 18.7 Å². The Morgan fingerprint density at radius 3 is 2.68 bits per heavy atom. The Balaban J connectivity index is 1.75. The highest BCUT2D eigenvalue weighted by molar-refractivity contribution is 7.09. The van der Waals surface area contributed by atoms with Crippen LogP contribution in [0.2, 0.25) is 0 Å². The molecule has 0 aliphatic heterocycles. The predicted octanol–water partition coefficient (Wildman–Crippen LogP) is 3.31. The van der Waals surface area contributed by atoms with Crippen LogP contribution in [0.3, 0.4) is 0 Å². The molecule has 2 rings (SSSR count). The average molecular weight is 318 g/mol. The number of nitrogens with one attached hydrogen (secondary N) is 2. The summed E-state index contributed by atoms with van der Waals surface area (Å²) < 4.78 is 5.40. The molecule has 118 valence electrons. The number of thiophene rings is 1. The molecule has 1 amide bonds. The van der Waals surface area contributed by atoms with Gasteiger partial charge in [0, 0.05) is 17.1 Å². The van der Waals surface area contributed by atoms with E-state index >= 15 is 0 Å². The number of anilines is 1. The fourth-order valence-electron chi connectivity index (χ4n) is 2.05. The van der Waals surface area contributed by atoms with Gasteiger partial charge in [0.25, 0.3) is 0 Å². The van der Waals surface area contributed by atoms with E-state index in [9.17, 15) is 4.79 Å². The predicted molar refractivity (Wildman–Crippen MR) is 91.7 cm³/mol. The molecule has 0 radical (unpaired) electrons. The van der Waals surface area contributed by atoms with E-state index in [0.29, 0.717) is 13.2 Å². The van der Waals surface area contributed by atoms with Gasteiger partial charge in [-0.15, -0.1) is 11.3 Å². The maximum atomic E-state index is 12.1. The number of amides is 1. The third kappa shape index (κ3) is 5.07. The first-order chi connectivity index (χ1) is 10.7. The maximum Gasteiger partial charge on any atom is 0.242 e. The molecule has 4 nitrogen and oxygen atoms in total. The Hall–Kier alpha value is -2.01. The monoisotopic (exact) mass is 318 g/mol. The van der Waals surface area contributed by atoms with Crippen molar-refractivity contribution in [3.8, 4) is 5.75 Å². The van der Waals surface area contributed by atoms with Gasteiger partial charge in [0.1, 0.15) is 11.8 Å². The molecule has 1 atom stereocenters. The van der Waals surface area contributed by atoms with Crippen molar-refractivity contribution < 1.29 is 9.53 Å². The number of carbonyl (C=O) groups excluding carboxylic acids is 1. The first kappa shape index (κ1) is 16.4. The fraction of sp³-hybridized carbons (Fsp3) is 0.353. The van der Waals surface area contributed by atoms with Gasteiger partial charge in [-0.1, -0.05) is 6.07 Å². The van der Waals surface area contributed by atoms with Gasteiger partial charge in [-0.25, -0.2) is 0 Å². The zero-order chi connectivity index (χ0) is 15.8. The van der Waals surface area contributed by atoms with Gasteiger partial charge in [-0.2, -0.15) is 0 Å². The molecule has 5 heteroatoms. The van der Waals surface area contributed by atoms with Gasteiger partial charge in [-0.3, -0.25) is 4.79 Å². The van der Waals surface area contributed by atoms with Crippen LogP contribution >= 0.6 is 11.3 Å². The van der Waals surface area contributed by atoms with Gasteiger partial charge >= 0.3 is 0 Å². The minimum absolute atomic E-state index is 0.00504. The highest BCUT2D eigenvalue weighted by atomic mass is 32.1. The van der Waals surface area contributed by atoms with E-state index in [-0.39, 0.29) is 11.9 Å². The molecule has 1 unspecified atom stereocenters. The largest absolute Gasteiger partial charge is 0.494 e. The molecule has 0 aliphatic carbocycles. The second-order valence-corrected chi connectivity index (χ2v) is 5.98. The normalized spacial score (nSPS) is 11.7. The van der Waals surface area contributed by atoms with Crippen LogP contribution in [0.25, 0.3) is 0 Å². The van der Waals surface area contributed by atoms with Crippen molar-refractivity contribution in [2.45, 2.75) is 26.3 Å². The summed E-state index contributed by atoms with van der Waals surface area (Å²) >= 11 is 1.71. The summed E-state index contributed by atoms with van der Waals surface area (Å²) in [5.74, 6) is 0.839. The Morgan fingerprint density at radius 2 is 2.05 bits per heavy atom. The average Bonchev–Trinajstić information content (AvgIpc) is 3.02. The highest BCUT2D eigenvalue weighted by Crippen LogP contribution is 2.16. The molecule has 1 aromatic heterocycles. The number of carbonyl (C=O) groups is 1. The lowest BCUT2D eigenvalue weighted by atomic mass is 10.2. The summed E-state index contributed by atoms with van der Waals surface area (Å²) in [6.45, 7) is 5.12. The molecule has 0 saturated carbocycles. The third-order valence-corrected chi connectivity index (χ3v) is 4.13. The minimum Gasteiger partial charge on any atom is -0.494 e. The van der Waals surface area contributed by atoms with Crippen LogP contribution in [-0.2, 0) is 11.2 Å². The van der Waals surface area contributed by atoms with E-state index in [4.69, 9.17) is 4.74 Å². The molecule has 0 aliphatic rings. The quantitative estimate of drug-likeness (QED) is 0.785. The lowest BCUT2D eigenvalue weighted by molar-refractivity contribution is -0.121. The summed E-state index contributed by atoms with van der Waals surface area (Å²) in [6.07, 6.45) is 0.874. The summed E-state index contributed by atoms with van der Waals surface area (Å²) in [6, 6.07) is 11.5. The molecular weight excluding hydrogens is 296 g/mol. The Bertz CT molecular complexity index is 567. The number of hydrogen-bond acceptors (Lipinski definition) is 4. The molecule has 2 N–H and O–H groups in total. The number of rotatable bonds is 8.